The predicted octanol–water partition coefficient (Wildman–Crippen LogP) is 3.05. The number of anilines is 1. The van der Waals surface area contributed by atoms with Crippen LogP contribution < -0.4 is 10.7 Å². The van der Waals surface area contributed by atoms with Gasteiger partial charge >= 0.3 is 0 Å². The van der Waals surface area contributed by atoms with Crippen molar-refractivity contribution in [2.75, 3.05) is 5.32 Å². The Kier molecular flexibility index (Phi) is 4.25. The lowest BCUT2D eigenvalue weighted by molar-refractivity contribution is 0.527. The van der Waals surface area contributed by atoms with Gasteiger partial charge in [0.2, 0.25) is 0 Å². The first-order valence-electron chi connectivity index (χ1n) is 5.56. The van der Waals surface area contributed by atoms with Crippen LogP contribution in [0.4, 0.5) is 10.1 Å². The van der Waals surface area contributed by atoms with E-state index >= 15 is 0 Å². The molecule has 0 amide bonds. The fourth-order valence-corrected chi connectivity index (χ4v) is 1.55. The molecule has 0 fully saturated rings. The third-order valence-electron chi connectivity index (χ3n) is 2.24. The molecule has 19 heavy (non-hydrogen) atoms. The molecule has 0 aliphatic carbocycles. The number of hydrogen-bond acceptors (Lipinski definition) is 3. The minimum absolute atomic E-state index is 0.199. The van der Waals surface area contributed by atoms with E-state index in [0.717, 1.165) is 5.76 Å². The minimum Gasteiger partial charge on any atom is -0.460 e. The Labute approximate surface area is 115 Å². The summed E-state index contributed by atoms with van der Waals surface area (Å²) in [5, 5.41) is 6.79. The molecule has 6 heteroatoms. The highest BCUT2D eigenvalue weighted by atomic mass is 32.1. The summed E-state index contributed by atoms with van der Waals surface area (Å²) < 4.78 is 18.6. The van der Waals surface area contributed by atoms with Crippen molar-refractivity contribution >= 4 is 29.2 Å². The number of halogens is 1. The maximum atomic E-state index is 13.3. The Morgan fingerprint density at radius 3 is 2.79 bits per heavy atom. The molecular weight excluding hydrogens is 265 g/mol. The molecule has 0 spiro atoms. The van der Waals surface area contributed by atoms with Crippen LogP contribution in [-0.2, 0) is 0 Å². The van der Waals surface area contributed by atoms with Crippen LogP contribution >= 0.6 is 12.2 Å². The van der Waals surface area contributed by atoms with Gasteiger partial charge in [-0.1, -0.05) is 12.1 Å². The molecule has 1 aromatic carbocycles. The van der Waals surface area contributed by atoms with Gasteiger partial charge in [-0.3, -0.25) is 5.43 Å². The number of hydrogen-bond donors (Lipinski definition) is 2. The molecular formula is C13H12FN3OS. The van der Waals surface area contributed by atoms with Crippen LogP contribution in [0, 0.1) is 12.7 Å². The SMILES string of the molecule is Cc1ccc(/C=N\NC(=S)Nc2ccccc2F)o1. The lowest BCUT2D eigenvalue weighted by Gasteiger charge is -2.07. The molecule has 2 rings (SSSR count). The number of aryl methyl sites for hydroxylation is 1. The van der Waals surface area contributed by atoms with Gasteiger partial charge in [0.25, 0.3) is 0 Å². The first-order valence-corrected chi connectivity index (χ1v) is 5.97. The Bertz CT molecular complexity index is 609. The van der Waals surface area contributed by atoms with Crippen LogP contribution in [0.1, 0.15) is 11.5 Å². The molecule has 0 aliphatic rings. The smallest absolute Gasteiger partial charge is 0.191 e. The van der Waals surface area contributed by atoms with Gasteiger partial charge in [0.1, 0.15) is 17.3 Å². The van der Waals surface area contributed by atoms with Crippen molar-refractivity contribution in [3.8, 4) is 0 Å². The Morgan fingerprint density at radius 1 is 1.32 bits per heavy atom. The van der Waals surface area contributed by atoms with Crippen LogP contribution in [0.25, 0.3) is 0 Å². The highest BCUT2D eigenvalue weighted by Crippen LogP contribution is 2.11. The van der Waals surface area contributed by atoms with E-state index in [1.165, 1.54) is 12.3 Å². The van der Waals surface area contributed by atoms with Crippen LogP contribution in [-0.4, -0.2) is 11.3 Å². The third-order valence-corrected chi connectivity index (χ3v) is 2.43. The van der Waals surface area contributed by atoms with Crippen LogP contribution in [0.2, 0.25) is 0 Å². The molecule has 1 heterocycles. The van der Waals surface area contributed by atoms with Crippen molar-refractivity contribution in [2.24, 2.45) is 5.10 Å². The summed E-state index contributed by atoms with van der Waals surface area (Å²) in [6.07, 6.45) is 1.49. The number of furan rings is 1. The van der Waals surface area contributed by atoms with Gasteiger partial charge in [0, 0.05) is 0 Å². The normalized spacial score (nSPS) is 10.6. The van der Waals surface area contributed by atoms with Crippen LogP contribution in [0.15, 0.2) is 45.9 Å². The van der Waals surface area contributed by atoms with E-state index in [1.54, 1.807) is 24.3 Å². The number of hydrazone groups is 1. The van der Waals surface area contributed by atoms with Gasteiger partial charge in [-0.25, -0.2) is 4.39 Å². The number of thiocarbonyl (C=S) groups is 1. The summed E-state index contributed by atoms with van der Waals surface area (Å²) in [5.41, 5.74) is 2.87. The number of para-hydroxylation sites is 1. The quantitative estimate of drug-likeness (QED) is 0.514. The average molecular weight is 277 g/mol. The minimum atomic E-state index is -0.378. The monoisotopic (exact) mass is 277 g/mol. The van der Waals surface area contributed by atoms with Gasteiger partial charge in [-0.15, -0.1) is 0 Å². The molecule has 0 aliphatic heterocycles. The van der Waals surface area contributed by atoms with E-state index in [9.17, 15) is 4.39 Å². The number of rotatable bonds is 3. The van der Waals surface area contributed by atoms with Gasteiger partial charge in [0.05, 0.1) is 11.9 Å². The second-order valence-electron chi connectivity index (χ2n) is 3.75. The standard InChI is InChI=1S/C13H12FN3OS/c1-9-6-7-10(18-9)8-15-17-13(19)16-12-5-3-2-4-11(12)14/h2-8H,1H3,(H2,16,17,19)/b15-8-. The molecule has 0 unspecified atom stereocenters. The molecule has 0 saturated carbocycles. The van der Waals surface area contributed by atoms with E-state index in [2.05, 4.69) is 15.8 Å². The summed E-state index contributed by atoms with van der Waals surface area (Å²) >= 11 is 4.98. The van der Waals surface area contributed by atoms with Gasteiger partial charge in [-0.2, -0.15) is 5.10 Å². The van der Waals surface area contributed by atoms with Crippen LogP contribution in [0.5, 0.6) is 0 Å². The Morgan fingerprint density at radius 2 is 2.11 bits per heavy atom. The maximum Gasteiger partial charge on any atom is 0.191 e. The van der Waals surface area contributed by atoms with Crippen molar-refractivity contribution in [1.29, 1.82) is 0 Å². The number of benzene rings is 1. The average Bonchev–Trinajstić information content (AvgIpc) is 2.78. The maximum absolute atomic E-state index is 13.3. The summed E-state index contributed by atoms with van der Waals surface area (Å²) in [4.78, 5) is 0. The van der Waals surface area contributed by atoms with E-state index in [1.807, 2.05) is 13.0 Å². The zero-order valence-electron chi connectivity index (χ0n) is 10.2. The molecule has 0 atom stereocenters. The molecule has 1 aromatic heterocycles. The van der Waals surface area contributed by atoms with Gasteiger partial charge in [-0.05, 0) is 43.4 Å². The molecule has 0 radical (unpaired) electrons. The second kappa shape index (κ2) is 6.10. The van der Waals surface area contributed by atoms with E-state index in [4.69, 9.17) is 16.6 Å². The fraction of sp³-hybridized carbons (Fsp3) is 0.0769. The topological polar surface area (TPSA) is 49.6 Å². The second-order valence-corrected chi connectivity index (χ2v) is 4.16. The van der Waals surface area contributed by atoms with Crippen molar-refractivity contribution in [3.05, 3.63) is 53.7 Å². The fourth-order valence-electron chi connectivity index (χ4n) is 1.39. The molecule has 98 valence electrons. The molecule has 4 nitrogen and oxygen atoms in total. The number of nitrogens with zero attached hydrogens (tertiary/aromatic N) is 1. The highest BCUT2D eigenvalue weighted by Gasteiger charge is 2.01. The lowest BCUT2D eigenvalue weighted by atomic mass is 10.3. The Balaban J connectivity index is 1.88. The predicted molar refractivity (Wildman–Crippen MR) is 76.8 cm³/mol. The first-order chi connectivity index (χ1) is 9.15. The molecule has 2 N–H and O–H groups in total. The largest absolute Gasteiger partial charge is 0.460 e. The molecule has 0 bridgehead atoms. The van der Waals surface area contributed by atoms with E-state index in [-0.39, 0.29) is 10.9 Å². The lowest BCUT2D eigenvalue weighted by Crippen LogP contribution is -2.24. The van der Waals surface area contributed by atoms with Gasteiger partial charge < -0.3 is 9.73 Å². The zero-order valence-corrected chi connectivity index (χ0v) is 11.0. The summed E-state index contributed by atoms with van der Waals surface area (Å²) in [5.74, 6) is 1.03. The number of nitrogens with one attached hydrogen (secondary N) is 2. The highest BCUT2D eigenvalue weighted by molar-refractivity contribution is 7.80. The van der Waals surface area contributed by atoms with Crippen molar-refractivity contribution in [3.63, 3.8) is 0 Å². The van der Waals surface area contributed by atoms with Gasteiger partial charge in [0.15, 0.2) is 5.11 Å². The van der Waals surface area contributed by atoms with E-state index in [0.29, 0.717) is 11.4 Å². The summed E-state index contributed by atoms with van der Waals surface area (Å²) in [6.45, 7) is 1.84. The zero-order chi connectivity index (χ0) is 13.7. The molecule has 0 saturated heterocycles. The van der Waals surface area contributed by atoms with Crippen molar-refractivity contribution in [1.82, 2.24) is 5.43 Å². The molecule has 2 aromatic rings. The van der Waals surface area contributed by atoms with Crippen molar-refractivity contribution in [2.45, 2.75) is 6.92 Å². The summed E-state index contributed by atoms with van der Waals surface area (Å²) in [7, 11) is 0. The third kappa shape index (κ3) is 3.89. The van der Waals surface area contributed by atoms with Crippen molar-refractivity contribution < 1.29 is 8.81 Å². The Hall–Kier alpha value is -2.21. The van der Waals surface area contributed by atoms with E-state index < -0.39 is 0 Å². The first kappa shape index (κ1) is 13.2. The van der Waals surface area contributed by atoms with Crippen LogP contribution in [0.3, 0.4) is 0 Å². The summed E-state index contributed by atoms with van der Waals surface area (Å²) in [6, 6.07) is 9.87.